The van der Waals surface area contributed by atoms with Crippen molar-refractivity contribution in [2.24, 2.45) is 0 Å². The minimum atomic E-state index is -5.67. The fourth-order valence-corrected chi connectivity index (χ4v) is 2.44. The van der Waals surface area contributed by atoms with Gasteiger partial charge in [-0.3, -0.25) is 0 Å². The van der Waals surface area contributed by atoms with Gasteiger partial charge in [-0.2, -0.15) is 21.6 Å². The lowest BCUT2D eigenvalue weighted by atomic mass is 9.95. The molecule has 0 bridgehead atoms. The van der Waals surface area contributed by atoms with E-state index in [2.05, 4.69) is 4.18 Å². The summed E-state index contributed by atoms with van der Waals surface area (Å²) >= 11 is 0. The summed E-state index contributed by atoms with van der Waals surface area (Å²) in [5, 5.41) is 0. The van der Waals surface area contributed by atoms with Gasteiger partial charge in [-0.1, -0.05) is 12.1 Å². The first-order chi connectivity index (χ1) is 9.26. The maximum atomic E-state index is 12.3. The second kappa shape index (κ2) is 5.01. The van der Waals surface area contributed by atoms with Gasteiger partial charge >= 0.3 is 15.6 Å². The topological polar surface area (TPSA) is 52.6 Å². The number of benzene rings is 1. The quantitative estimate of drug-likeness (QED) is 0.636. The van der Waals surface area contributed by atoms with E-state index in [-0.39, 0.29) is 5.76 Å². The van der Waals surface area contributed by atoms with Gasteiger partial charge in [-0.25, -0.2) is 0 Å². The van der Waals surface area contributed by atoms with Gasteiger partial charge in [0, 0.05) is 11.1 Å². The van der Waals surface area contributed by atoms with Crippen LogP contribution >= 0.6 is 0 Å². The highest BCUT2D eigenvalue weighted by Crippen LogP contribution is 2.36. The van der Waals surface area contributed by atoms with Crippen molar-refractivity contribution >= 4 is 15.9 Å². The van der Waals surface area contributed by atoms with Gasteiger partial charge in [0.2, 0.25) is 0 Å². The van der Waals surface area contributed by atoms with E-state index < -0.39 is 15.6 Å². The molecular formula is C12H11F3O4S. The molecule has 0 aromatic heterocycles. The number of allylic oxidation sites excluding steroid dienone is 1. The van der Waals surface area contributed by atoms with Crippen molar-refractivity contribution in [3.63, 3.8) is 0 Å². The third-order valence-electron chi connectivity index (χ3n) is 2.83. The van der Waals surface area contributed by atoms with E-state index in [1.165, 1.54) is 19.3 Å². The summed E-state index contributed by atoms with van der Waals surface area (Å²) < 4.78 is 68.5. The molecule has 0 atom stereocenters. The molecule has 0 unspecified atom stereocenters. The lowest BCUT2D eigenvalue weighted by Gasteiger charge is -2.20. The zero-order valence-corrected chi connectivity index (χ0v) is 11.2. The third kappa shape index (κ3) is 2.60. The molecule has 110 valence electrons. The number of halogens is 3. The van der Waals surface area contributed by atoms with Crippen molar-refractivity contribution in [3.05, 3.63) is 35.4 Å². The van der Waals surface area contributed by atoms with E-state index in [0.717, 1.165) is 0 Å². The third-order valence-corrected chi connectivity index (χ3v) is 3.79. The minimum absolute atomic E-state index is 0.295. The average Bonchev–Trinajstić information content (AvgIpc) is 2.36. The smallest absolute Gasteiger partial charge is 0.496 e. The summed E-state index contributed by atoms with van der Waals surface area (Å²) in [4.78, 5) is 0. The van der Waals surface area contributed by atoms with Crippen molar-refractivity contribution in [2.45, 2.75) is 18.3 Å². The average molecular weight is 308 g/mol. The van der Waals surface area contributed by atoms with Crippen molar-refractivity contribution < 1.29 is 30.5 Å². The summed E-state index contributed by atoms with van der Waals surface area (Å²) in [5.74, 6) is 0.170. The Balaban J connectivity index is 2.41. The van der Waals surface area contributed by atoms with Crippen molar-refractivity contribution in [1.29, 1.82) is 0 Å². The van der Waals surface area contributed by atoms with Crippen LogP contribution in [0.2, 0.25) is 0 Å². The first kappa shape index (κ1) is 14.7. The van der Waals surface area contributed by atoms with E-state index >= 15 is 0 Å². The Hall–Kier alpha value is -1.70. The molecule has 0 heterocycles. The van der Waals surface area contributed by atoms with E-state index in [0.29, 0.717) is 29.7 Å². The second-order valence-electron chi connectivity index (χ2n) is 4.08. The number of rotatable bonds is 3. The highest BCUT2D eigenvalue weighted by molar-refractivity contribution is 7.87. The van der Waals surface area contributed by atoms with Crippen LogP contribution in [0.4, 0.5) is 13.2 Å². The number of ether oxygens (including phenoxy) is 1. The summed E-state index contributed by atoms with van der Waals surface area (Å²) in [6.07, 6.45) is 2.24. The van der Waals surface area contributed by atoms with Crippen LogP contribution in [-0.4, -0.2) is 21.0 Å². The molecule has 0 radical (unpaired) electrons. The first-order valence-electron chi connectivity index (χ1n) is 5.63. The summed E-state index contributed by atoms with van der Waals surface area (Å²) in [5.41, 5.74) is -4.53. The fourth-order valence-electron chi connectivity index (χ4n) is 1.95. The van der Waals surface area contributed by atoms with Crippen LogP contribution in [0.25, 0.3) is 5.76 Å². The lowest BCUT2D eigenvalue weighted by molar-refractivity contribution is -0.0509. The Bertz CT molecular complexity index is 647. The molecule has 0 saturated carbocycles. The monoisotopic (exact) mass is 308 g/mol. The zero-order valence-electron chi connectivity index (χ0n) is 10.4. The Morgan fingerprint density at radius 2 is 1.95 bits per heavy atom. The van der Waals surface area contributed by atoms with Gasteiger partial charge in [-0.15, -0.1) is 0 Å². The molecule has 1 aromatic carbocycles. The van der Waals surface area contributed by atoms with Crippen LogP contribution < -0.4 is 4.74 Å². The van der Waals surface area contributed by atoms with Crippen LogP contribution in [0, 0.1) is 0 Å². The lowest BCUT2D eigenvalue weighted by Crippen LogP contribution is -2.25. The molecular weight excluding hydrogens is 297 g/mol. The van der Waals surface area contributed by atoms with E-state index in [9.17, 15) is 21.6 Å². The predicted octanol–water partition coefficient (Wildman–Crippen LogP) is 2.85. The Kier molecular flexibility index (Phi) is 3.68. The molecule has 0 saturated heterocycles. The van der Waals surface area contributed by atoms with Crippen LogP contribution in [0.15, 0.2) is 24.3 Å². The zero-order chi connectivity index (χ0) is 15.0. The van der Waals surface area contributed by atoms with Gasteiger partial charge < -0.3 is 8.92 Å². The molecule has 1 aromatic rings. The highest BCUT2D eigenvalue weighted by Gasteiger charge is 2.49. The second-order valence-corrected chi connectivity index (χ2v) is 5.61. The van der Waals surface area contributed by atoms with Gasteiger partial charge in [0.1, 0.15) is 11.5 Å². The summed E-state index contributed by atoms with van der Waals surface area (Å²) in [7, 11) is -4.24. The van der Waals surface area contributed by atoms with Crippen LogP contribution in [0.3, 0.4) is 0 Å². The number of alkyl halides is 3. The summed E-state index contributed by atoms with van der Waals surface area (Å²) in [6, 6.07) is 4.70. The summed E-state index contributed by atoms with van der Waals surface area (Å²) in [6.45, 7) is 0. The Morgan fingerprint density at radius 1 is 1.25 bits per heavy atom. The largest absolute Gasteiger partial charge is 0.534 e. The molecule has 0 aliphatic heterocycles. The minimum Gasteiger partial charge on any atom is -0.496 e. The van der Waals surface area contributed by atoms with Gasteiger partial charge in [-0.05, 0) is 25.0 Å². The van der Waals surface area contributed by atoms with Crippen LogP contribution in [-0.2, 0) is 20.7 Å². The van der Waals surface area contributed by atoms with Gasteiger partial charge in [0.15, 0.2) is 0 Å². The Morgan fingerprint density at radius 3 is 2.55 bits per heavy atom. The van der Waals surface area contributed by atoms with Gasteiger partial charge in [0.25, 0.3) is 0 Å². The fraction of sp³-hybridized carbons (Fsp3) is 0.333. The van der Waals surface area contributed by atoms with Crippen molar-refractivity contribution in [2.75, 3.05) is 7.11 Å². The van der Waals surface area contributed by atoms with Crippen LogP contribution in [0.1, 0.15) is 17.5 Å². The van der Waals surface area contributed by atoms with E-state index in [1.54, 1.807) is 12.1 Å². The molecule has 1 aliphatic rings. The standard InChI is InChI=1S/C12H11F3O4S/c1-18-10-6-2-5-9-8(10)4-3-7-11(9)19-20(16,17)12(13,14)15/h2,5-7H,3-4H2,1H3. The van der Waals surface area contributed by atoms with E-state index in [1.807, 2.05) is 0 Å². The Labute approximate surface area is 113 Å². The number of hydrogen-bond acceptors (Lipinski definition) is 4. The molecule has 0 spiro atoms. The maximum Gasteiger partial charge on any atom is 0.534 e. The maximum absolute atomic E-state index is 12.3. The van der Waals surface area contributed by atoms with Gasteiger partial charge in [0.05, 0.1) is 7.11 Å². The highest BCUT2D eigenvalue weighted by atomic mass is 32.2. The first-order valence-corrected chi connectivity index (χ1v) is 7.04. The SMILES string of the molecule is COc1cccc2c1CCC=C2OS(=O)(=O)C(F)(F)F. The molecule has 0 N–H and O–H groups in total. The molecule has 8 heteroatoms. The molecule has 0 amide bonds. The molecule has 20 heavy (non-hydrogen) atoms. The molecule has 2 rings (SSSR count). The van der Waals surface area contributed by atoms with Crippen LogP contribution in [0.5, 0.6) is 5.75 Å². The molecule has 1 aliphatic carbocycles. The van der Waals surface area contributed by atoms with Crippen molar-refractivity contribution in [1.82, 2.24) is 0 Å². The number of methoxy groups -OCH3 is 1. The number of fused-ring (bicyclic) bond motifs is 1. The van der Waals surface area contributed by atoms with Crippen molar-refractivity contribution in [3.8, 4) is 5.75 Å². The normalized spacial score (nSPS) is 15.3. The number of hydrogen-bond donors (Lipinski definition) is 0. The predicted molar refractivity (Wildman–Crippen MR) is 65.4 cm³/mol. The molecule has 4 nitrogen and oxygen atoms in total. The van der Waals surface area contributed by atoms with E-state index in [4.69, 9.17) is 4.74 Å². The molecule has 0 fully saturated rings.